The summed E-state index contributed by atoms with van der Waals surface area (Å²) in [5.74, 6) is -0.976. The number of carbonyl (C=O) groups is 1. The molecule has 0 fully saturated rings. The quantitative estimate of drug-likeness (QED) is 0.903. The second-order valence-electron chi connectivity index (χ2n) is 3.80. The first-order valence-electron chi connectivity index (χ1n) is 5.43. The van der Waals surface area contributed by atoms with Crippen molar-refractivity contribution in [2.75, 3.05) is 5.73 Å². The van der Waals surface area contributed by atoms with Gasteiger partial charge in [-0.25, -0.2) is 9.78 Å². The number of hydrogen-bond donors (Lipinski definition) is 2. The summed E-state index contributed by atoms with van der Waals surface area (Å²) in [5, 5.41) is 8.94. The van der Waals surface area contributed by atoms with Gasteiger partial charge in [0.25, 0.3) is 0 Å². The third-order valence-corrected chi connectivity index (χ3v) is 3.00. The number of pyridine rings is 1. The third-order valence-electron chi connectivity index (χ3n) is 2.47. The van der Waals surface area contributed by atoms with Crippen LogP contribution in [0.4, 0.5) is 5.69 Å². The van der Waals surface area contributed by atoms with E-state index in [0.717, 1.165) is 10.0 Å². The van der Waals surface area contributed by atoms with Crippen LogP contribution >= 0.6 is 15.9 Å². The van der Waals surface area contributed by atoms with Gasteiger partial charge in [0.05, 0.1) is 5.56 Å². The van der Waals surface area contributed by atoms with E-state index < -0.39 is 5.97 Å². The molecule has 0 aliphatic rings. The molecule has 0 amide bonds. The van der Waals surface area contributed by atoms with Crippen LogP contribution < -0.4 is 10.5 Å². The maximum Gasteiger partial charge on any atom is 0.338 e. The molecule has 0 aliphatic heterocycles. The fourth-order valence-electron chi connectivity index (χ4n) is 1.49. The first-order chi connectivity index (χ1) is 9.08. The molecular weight excluding hydrogens is 312 g/mol. The molecule has 0 spiro atoms. The minimum atomic E-state index is -1.10. The smallest absolute Gasteiger partial charge is 0.338 e. The Labute approximate surface area is 118 Å². The molecule has 19 heavy (non-hydrogen) atoms. The fourth-order valence-corrected chi connectivity index (χ4v) is 1.75. The predicted octanol–water partition coefficient (Wildman–Crippen LogP) is 2.70. The molecule has 6 heteroatoms. The van der Waals surface area contributed by atoms with Crippen molar-refractivity contribution < 1.29 is 14.6 Å². The van der Waals surface area contributed by atoms with E-state index in [4.69, 9.17) is 15.6 Å². The van der Waals surface area contributed by atoms with Crippen LogP contribution in [0.1, 0.15) is 15.9 Å². The first kappa shape index (κ1) is 13.4. The van der Waals surface area contributed by atoms with Crippen LogP contribution in [0.5, 0.6) is 5.88 Å². The van der Waals surface area contributed by atoms with Crippen LogP contribution in [0.3, 0.4) is 0 Å². The van der Waals surface area contributed by atoms with Gasteiger partial charge in [-0.3, -0.25) is 0 Å². The van der Waals surface area contributed by atoms with Crippen molar-refractivity contribution in [3.63, 3.8) is 0 Å². The molecule has 0 radical (unpaired) electrons. The predicted molar refractivity (Wildman–Crippen MR) is 74.1 cm³/mol. The summed E-state index contributed by atoms with van der Waals surface area (Å²) in [6.45, 7) is 0.271. The number of nitrogens with zero attached hydrogens (tertiary/aromatic N) is 1. The van der Waals surface area contributed by atoms with E-state index in [-0.39, 0.29) is 23.7 Å². The number of aromatic nitrogens is 1. The number of rotatable bonds is 4. The molecule has 0 unspecified atom stereocenters. The molecule has 0 aliphatic carbocycles. The maximum atomic E-state index is 10.9. The van der Waals surface area contributed by atoms with Gasteiger partial charge in [0.15, 0.2) is 0 Å². The number of carboxylic acid groups (broad SMARTS) is 1. The number of hydrogen-bond acceptors (Lipinski definition) is 4. The highest BCUT2D eigenvalue weighted by molar-refractivity contribution is 9.10. The monoisotopic (exact) mass is 322 g/mol. The zero-order valence-corrected chi connectivity index (χ0v) is 11.4. The summed E-state index contributed by atoms with van der Waals surface area (Å²) in [5.41, 5.74) is 6.65. The lowest BCUT2D eigenvalue weighted by Gasteiger charge is -2.09. The molecule has 3 N–H and O–H groups in total. The van der Waals surface area contributed by atoms with E-state index in [1.807, 2.05) is 24.3 Å². The lowest BCUT2D eigenvalue weighted by Crippen LogP contribution is -2.07. The SMILES string of the molecule is Nc1c(C(=O)O)ccnc1OCc1ccc(Br)cc1. The lowest BCUT2D eigenvalue weighted by molar-refractivity contribution is 0.0697. The topological polar surface area (TPSA) is 85.4 Å². The molecule has 98 valence electrons. The molecule has 0 saturated heterocycles. The molecule has 0 atom stereocenters. The van der Waals surface area contributed by atoms with E-state index >= 15 is 0 Å². The van der Waals surface area contributed by atoms with E-state index in [9.17, 15) is 4.79 Å². The summed E-state index contributed by atoms with van der Waals surface area (Å²) in [6.07, 6.45) is 1.36. The average molecular weight is 323 g/mol. The van der Waals surface area contributed by atoms with E-state index in [1.165, 1.54) is 12.3 Å². The van der Waals surface area contributed by atoms with Crippen LogP contribution in [0, 0.1) is 0 Å². The van der Waals surface area contributed by atoms with E-state index in [0.29, 0.717) is 0 Å². The highest BCUT2D eigenvalue weighted by Gasteiger charge is 2.13. The minimum Gasteiger partial charge on any atom is -0.478 e. The standard InChI is InChI=1S/C13H11BrN2O3/c14-9-3-1-8(2-4-9)7-19-12-11(15)10(13(17)18)5-6-16-12/h1-6H,7,15H2,(H,17,18). The maximum absolute atomic E-state index is 10.9. The molecular formula is C13H11BrN2O3. The molecule has 1 aromatic heterocycles. The largest absolute Gasteiger partial charge is 0.478 e. The Bertz CT molecular complexity index is 599. The van der Waals surface area contributed by atoms with Gasteiger partial charge in [-0.05, 0) is 23.8 Å². The van der Waals surface area contributed by atoms with Crippen LogP contribution in [0.2, 0.25) is 0 Å². The molecule has 2 aromatic rings. The third kappa shape index (κ3) is 3.23. The Hall–Kier alpha value is -2.08. The van der Waals surface area contributed by atoms with Crippen LogP contribution in [-0.4, -0.2) is 16.1 Å². The Morgan fingerprint density at radius 2 is 2.00 bits per heavy atom. The van der Waals surface area contributed by atoms with E-state index in [2.05, 4.69) is 20.9 Å². The number of nitrogens with two attached hydrogens (primary N) is 1. The molecule has 0 saturated carbocycles. The molecule has 2 rings (SSSR count). The number of ether oxygens (including phenoxy) is 1. The van der Waals surface area contributed by atoms with Crippen molar-refractivity contribution in [1.29, 1.82) is 0 Å². The number of anilines is 1. The molecule has 0 bridgehead atoms. The Morgan fingerprint density at radius 3 is 2.63 bits per heavy atom. The fraction of sp³-hybridized carbons (Fsp3) is 0.0769. The number of aromatic carboxylic acids is 1. The van der Waals surface area contributed by atoms with Crippen molar-refractivity contribution in [2.24, 2.45) is 0 Å². The van der Waals surface area contributed by atoms with Crippen molar-refractivity contribution in [2.45, 2.75) is 6.61 Å². The zero-order valence-electron chi connectivity index (χ0n) is 9.84. The first-order valence-corrected chi connectivity index (χ1v) is 6.22. The summed E-state index contributed by atoms with van der Waals surface area (Å²) < 4.78 is 6.41. The number of benzene rings is 1. The zero-order chi connectivity index (χ0) is 13.8. The van der Waals surface area contributed by atoms with Crippen LogP contribution in [0.15, 0.2) is 41.0 Å². The number of halogens is 1. The molecule has 1 heterocycles. The Morgan fingerprint density at radius 1 is 1.32 bits per heavy atom. The number of carboxylic acids is 1. The van der Waals surface area contributed by atoms with Gasteiger partial charge in [0.2, 0.25) is 5.88 Å². The highest BCUT2D eigenvalue weighted by Crippen LogP contribution is 2.23. The van der Waals surface area contributed by atoms with Crippen molar-refractivity contribution in [3.8, 4) is 5.88 Å². The Kier molecular flexibility index (Phi) is 4.01. The normalized spacial score (nSPS) is 10.2. The van der Waals surface area contributed by atoms with Gasteiger partial charge in [-0.2, -0.15) is 0 Å². The highest BCUT2D eigenvalue weighted by atomic mass is 79.9. The molecule has 1 aromatic carbocycles. The van der Waals surface area contributed by atoms with Crippen LogP contribution in [0.25, 0.3) is 0 Å². The van der Waals surface area contributed by atoms with Gasteiger partial charge in [0, 0.05) is 10.7 Å². The van der Waals surface area contributed by atoms with Gasteiger partial charge >= 0.3 is 5.97 Å². The summed E-state index contributed by atoms with van der Waals surface area (Å²) in [4.78, 5) is 14.9. The van der Waals surface area contributed by atoms with Gasteiger partial charge in [-0.1, -0.05) is 28.1 Å². The van der Waals surface area contributed by atoms with Gasteiger partial charge in [-0.15, -0.1) is 0 Å². The Balaban J connectivity index is 2.13. The average Bonchev–Trinajstić information content (AvgIpc) is 2.39. The summed E-state index contributed by atoms with van der Waals surface area (Å²) in [7, 11) is 0. The summed E-state index contributed by atoms with van der Waals surface area (Å²) in [6, 6.07) is 8.90. The van der Waals surface area contributed by atoms with E-state index in [1.54, 1.807) is 0 Å². The minimum absolute atomic E-state index is 0.0131. The second kappa shape index (κ2) is 5.71. The second-order valence-corrected chi connectivity index (χ2v) is 4.71. The van der Waals surface area contributed by atoms with Crippen molar-refractivity contribution in [1.82, 2.24) is 4.98 Å². The van der Waals surface area contributed by atoms with Crippen molar-refractivity contribution >= 4 is 27.6 Å². The number of nitrogen functional groups attached to an aromatic ring is 1. The molecule has 5 nitrogen and oxygen atoms in total. The van der Waals surface area contributed by atoms with Crippen LogP contribution in [-0.2, 0) is 6.61 Å². The lowest BCUT2D eigenvalue weighted by atomic mass is 10.2. The summed E-state index contributed by atoms with van der Waals surface area (Å²) >= 11 is 3.34. The van der Waals surface area contributed by atoms with Crippen molar-refractivity contribution in [3.05, 3.63) is 52.1 Å². The van der Waals surface area contributed by atoms with Gasteiger partial charge < -0.3 is 15.6 Å². The van der Waals surface area contributed by atoms with Gasteiger partial charge in [0.1, 0.15) is 12.3 Å².